The molecule has 2 nitrogen and oxygen atoms in total. The molecule has 116 valence electrons. The Balaban J connectivity index is 0.00000144. The summed E-state index contributed by atoms with van der Waals surface area (Å²) in [5.41, 5.74) is 6.29. The molecule has 3 aromatic carbocycles. The minimum atomic E-state index is 0. The fourth-order valence-corrected chi connectivity index (χ4v) is 2.14. The second kappa shape index (κ2) is 10.5. The van der Waals surface area contributed by atoms with Crippen molar-refractivity contribution in [3.05, 3.63) is 94.6 Å². The van der Waals surface area contributed by atoms with Crippen LogP contribution in [0.15, 0.2) is 72.8 Å². The van der Waals surface area contributed by atoms with Crippen LogP contribution in [0.2, 0.25) is 0 Å². The largest absolute Gasteiger partial charge is 0.658 e. The topological polar surface area (TPSA) is 28.2 Å². The zero-order chi connectivity index (χ0) is 15.4. The van der Waals surface area contributed by atoms with Crippen LogP contribution in [0.5, 0.6) is 0 Å². The molecule has 0 fully saturated rings. The van der Waals surface area contributed by atoms with Crippen LogP contribution in [-0.4, -0.2) is 0 Å². The van der Waals surface area contributed by atoms with Gasteiger partial charge in [0.2, 0.25) is 0 Å². The first-order chi connectivity index (χ1) is 10.7. The van der Waals surface area contributed by atoms with Crippen molar-refractivity contribution in [3.63, 3.8) is 0 Å². The van der Waals surface area contributed by atoms with Crippen molar-refractivity contribution in [2.45, 2.75) is 13.8 Å². The average molecular weight is 464 g/mol. The van der Waals surface area contributed by atoms with E-state index in [-0.39, 0.29) is 65.4 Å². The van der Waals surface area contributed by atoms with E-state index >= 15 is 0 Å². The quantitative estimate of drug-likeness (QED) is 0.399. The Morgan fingerprint density at radius 2 is 0.625 bits per heavy atom. The molecule has 0 aliphatic rings. The van der Waals surface area contributed by atoms with E-state index in [0.717, 1.165) is 22.7 Å². The molecule has 24 heavy (non-hydrogen) atoms. The summed E-state index contributed by atoms with van der Waals surface area (Å²) in [5.74, 6) is 0. The summed E-state index contributed by atoms with van der Waals surface area (Å²) in [4.78, 5) is 0. The summed E-state index contributed by atoms with van der Waals surface area (Å²) >= 11 is 0. The van der Waals surface area contributed by atoms with Crippen molar-refractivity contribution in [1.29, 1.82) is 0 Å². The van der Waals surface area contributed by atoms with Gasteiger partial charge in [-0.1, -0.05) is 83.9 Å². The second-order valence-corrected chi connectivity index (χ2v) is 5.41. The molecule has 2 radical (unpaired) electrons. The van der Waals surface area contributed by atoms with Gasteiger partial charge in [-0.3, -0.25) is 0 Å². The van der Waals surface area contributed by atoms with E-state index in [1.165, 1.54) is 11.1 Å². The maximum absolute atomic E-state index is 4.60. The van der Waals surface area contributed by atoms with Crippen LogP contribution in [0, 0.1) is 13.8 Å². The number of benzene rings is 3. The Labute approximate surface area is 194 Å². The van der Waals surface area contributed by atoms with Gasteiger partial charge in [-0.15, -0.1) is 22.7 Å². The van der Waals surface area contributed by atoms with E-state index in [4.69, 9.17) is 0 Å². The van der Waals surface area contributed by atoms with Gasteiger partial charge in [0.25, 0.3) is 0 Å². The normalized spacial score (nSPS) is 9.42. The van der Waals surface area contributed by atoms with Gasteiger partial charge in [0, 0.05) is 65.4 Å². The van der Waals surface area contributed by atoms with E-state index in [9.17, 15) is 0 Å². The fraction of sp³-hybridized carbons (Fsp3) is 0.100. The number of rotatable bonds is 4. The molecule has 3 aromatic rings. The second-order valence-electron chi connectivity index (χ2n) is 5.41. The van der Waals surface area contributed by atoms with Gasteiger partial charge in [-0.25, -0.2) is 0 Å². The van der Waals surface area contributed by atoms with Crippen molar-refractivity contribution in [2.24, 2.45) is 0 Å². The summed E-state index contributed by atoms with van der Waals surface area (Å²) in [6, 6.07) is 24.4. The Morgan fingerprint density at radius 3 is 0.875 bits per heavy atom. The average Bonchev–Trinajstić information content (AvgIpc) is 2.54. The minimum Gasteiger partial charge on any atom is -0.658 e. The van der Waals surface area contributed by atoms with Crippen LogP contribution in [0.1, 0.15) is 11.1 Å². The molecular weight excluding hydrogens is 446 g/mol. The van der Waals surface area contributed by atoms with Gasteiger partial charge < -0.3 is 10.6 Å². The maximum atomic E-state index is 4.60. The first kappa shape index (κ1) is 21.5. The van der Waals surface area contributed by atoms with Crippen LogP contribution in [-0.2, 0) is 65.4 Å². The van der Waals surface area contributed by atoms with Gasteiger partial charge in [-0.2, -0.15) is 0 Å². The molecule has 4 heteroatoms. The van der Waals surface area contributed by atoms with E-state index < -0.39 is 0 Å². The van der Waals surface area contributed by atoms with Gasteiger partial charge in [0.15, 0.2) is 0 Å². The Morgan fingerprint density at radius 1 is 0.417 bits per heavy atom. The van der Waals surface area contributed by atoms with Gasteiger partial charge in [0.1, 0.15) is 0 Å². The molecule has 0 saturated carbocycles. The Kier molecular flexibility index (Phi) is 9.37. The third kappa shape index (κ3) is 6.41. The monoisotopic (exact) mass is 464 g/mol. The molecule has 0 spiro atoms. The molecule has 3 rings (SSSR count). The molecule has 0 heterocycles. The summed E-state index contributed by atoms with van der Waals surface area (Å²) in [7, 11) is 0. The van der Waals surface area contributed by atoms with Crippen molar-refractivity contribution in [3.8, 4) is 0 Å². The number of nitrogens with zero attached hydrogens (tertiary/aromatic N) is 2. The summed E-state index contributed by atoms with van der Waals surface area (Å²) in [6.45, 7) is 4.15. The molecule has 0 saturated heterocycles. The van der Waals surface area contributed by atoms with Gasteiger partial charge in [-0.05, 0) is 13.8 Å². The molecule has 0 bridgehead atoms. The standard InChI is InChI=1S/C20H18N2.2Y/c1-15-3-7-17(8-4-15)21-19-11-13-20(14-12-19)22-18-9-5-16(2)6-10-18;;/h3-14H,1-2H3;;/q-2;;. The van der Waals surface area contributed by atoms with Gasteiger partial charge >= 0.3 is 0 Å². The van der Waals surface area contributed by atoms with Crippen molar-refractivity contribution < 1.29 is 65.4 Å². The third-order valence-electron chi connectivity index (χ3n) is 3.43. The summed E-state index contributed by atoms with van der Waals surface area (Å²) < 4.78 is 0. The van der Waals surface area contributed by atoms with Crippen LogP contribution in [0.25, 0.3) is 10.6 Å². The molecule has 0 aliphatic carbocycles. The number of aryl methyl sites for hydroxylation is 2. The minimum absolute atomic E-state index is 0. The maximum Gasteiger partial charge on any atom is 0 e. The van der Waals surface area contributed by atoms with Crippen LogP contribution in [0.4, 0.5) is 22.7 Å². The predicted molar refractivity (Wildman–Crippen MR) is 94.2 cm³/mol. The van der Waals surface area contributed by atoms with Crippen molar-refractivity contribution >= 4 is 22.7 Å². The first-order valence-corrected chi connectivity index (χ1v) is 7.36. The smallest absolute Gasteiger partial charge is 0 e. The Hall–Kier alpha value is -0.532. The van der Waals surface area contributed by atoms with Gasteiger partial charge in [0.05, 0.1) is 0 Å². The molecule has 0 aliphatic heterocycles. The summed E-state index contributed by atoms with van der Waals surface area (Å²) in [5, 5.41) is 9.20. The van der Waals surface area contributed by atoms with Crippen molar-refractivity contribution in [1.82, 2.24) is 0 Å². The SMILES string of the molecule is Cc1ccc([N-]c2ccc([N-]c3ccc(C)cc3)cc2)cc1.[Y].[Y]. The molecule has 0 unspecified atom stereocenters. The Bertz CT molecular complexity index is 670. The fourth-order valence-electron chi connectivity index (χ4n) is 2.14. The van der Waals surface area contributed by atoms with E-state index in [1.54, 1.807) is 0 Å². The van der Waals surface area contributed by atoms with Crippen LogP contribution in [0.3, 0.4) is 0 Å². The van der Waals surface area contributed by atoms with E-state index in [1.807, 2.05) is 48.5 Å². The first-order valence-electron chi connectivity index (χ1n) is 7.36. The third-order valence-corrected chi connectivity index (χ3v) is 3.43. The molecule has 0 aromatic heterocycles. The van der Waals surface area contributed by atoms with Crippen LogP contribution >= 0.6 is 0 Å². The molecule has 0 N–H and O–H groups in total. The van der Waals surface area contributed by atoms with Crippen LogP contribution < -0.4 is 0 Å². The number of hydrogen-bond donors (Lipinski definition) is 0. The predicted octanol–water partition coefficient (Wildman–Crippen LogP) is 6.97. The summed E-state index contributed by atoms with van der Waals surface area (Å²) in [6.07, 6.45) is 0. The molecular formula is C20H18N2Y2-2. The number of hydrogen-bond acceptors (Lipinski definition) is 0. The zero-order valence-corrected chi connectivity index (χ0v) is 19.7. The van der Waals surface area contributed by atoms with Crippen molar-refractivity contribution in [2.75, 3.05) is 0 Å². The van der Waals surface area contributed by atoms with E-state index in [2.05, 4.69) is 48.7 Å². The molecule has 0 atom stereocenters. The zero-order valence-electron chi connectivity index (χ0n) is 14.0. The van der Waals surface area contributed by atoms with E-state index in [0.29, 0.717) is 0 Å². The molecule has 0 amide bonds.